The van der Waals surface area contributed by atoms with Gasteiger partial charge in [0.05, 0.1) is 5.92 Å². The van der Waals surface area contributed by atoms with Crippen LogP contribution in [0.1, 0.15) is 26.7 Å². The van der Waals surface area contributed by atoms with Crippen LogP contribution >= 0.6 is 0 Å². The highest BCUT2D eigenvalue weighted by molar-refractivity contribution is 5.91. The molecule has 4 atom stereocenters. The van der Waals surface area contributed by atoms with E-state index in [9.17, 15) is 19.5 Å². The molecule has 0 radical (unpaired) electrons. The van der Waals surface area contributed by atoms with Gasteiger partial charge < -0.3 is 14.6 Å². The lowest BCUT2D eigenvalue weighted by atomic mass is 9.84. The van der Waals surface area contributed by atoms with Gasteiger partial charge in [-0.25, -0.2) is 9.59 Å². The van der Waals surface area contributed by atoms with E-state index in [1.165, 1.54) is 6.92 Å². The molecule has 1 aliphatic carbocycles. The Hall–Kier alpha value is -2.47. The van der Waals surface area contributed by atoms with E-state index in [0.29, 0.717) is 19.1 Å². The van der Waals surface area contributed by atoms with Crippen LogP contribution in [0.3, 0.4) is 0 Å². The first kappa shape index (κ1) is 18.9. The van der Waals surface area contributed by atoms with Crippen LogP contribution < -0.4 is 0 Å². The van der Waals surface area contributed by atoms with Gasteiger partial charge in [-0.05, 0) is 32.8 Å². The Balaban J connectivity index is 2.47. The zero-order valence-corrected chi connectivity index (χ0v) is 14.4. The summed E-state index contributed by atoms with van der Waals surface area (Å²) in [5.41, 5.74) is 1.33. The van der Waals surface area contributed by atoms with Crippen molar-refractivity contribution in [3.63, 3.8) is 0 Å². The fourth-order valence-electron chi connectivity index (χ4n) is 2.95. The summed E-state index contributed by atoms with van der Waals surface area (Å²) in [6, 6.07) is 0. The van der Waals surface area contributed by atoms with Crippen LogP contribution in [0.15, 0.2) is 47.6 Å². The zero-order valence-electron chi connectivity index (χ0n) is 14.4. The summed E-state index contributed by atoms with van der Waals surface area (Å²) in [4.78, 5) is 35.4. The highest BCUT2D eigenvalue weighted by atomic mass is 16.6. The van der Waals surface area contributed by atoms with Gasteiger partial charge in [0.25, 0.3) is 0 Å². The van der Waals surface area contributed by atoms with Gasteiger partial charge in [-0.15, -0.1) is 0 Å². The van der Waals surface area contributed by atoms with Gasteiger partial charge in [-0.2, -0.15) is 0 Å². The average molecular weight is 346 g/mol. The molecular weight excluding hydrogens is 324 g/mol. The van der Waals surface area contributed by atoms with Crippen molar-refractivity contribution in [2.75, 3.05) is 0 Å². The van der Waals surface area contributed by atoms with Crippen LogP contribution in [-0.4, -0.2) is 41.6 Å². The number of rotatable bonds is 3. The number of ether oxygens (including phenoxy) is 2. The topological polar surface area (TPSA) is 89.9 Å². The van der Waals surface area contributed by atoms with Crippen molar-refractivity contribution < 1.29 is 29.0 Å². The molecule has 0 spiro atoms. The van der Waals surface area contributed by atoms with E-state index in [4.69, 9.17) is 9.47 Å². The third-order valence-electron chi connectivity index (χ3n) is 4.35. The number of allylic oxidation sites excluding steroid dienone is 2. The predicted molar refractivity (Wildman–Crippen MR) is 90.3 cm³/mol. The van der Waals surface area contributed by atoms with Crippen molar-refractivity contribution in [3.8, 4) is 0 Å². The zero-order chi connectivity index (χ0) is 18.7. The first-order valence-corrected chi connectivity index (χ1v) is 8.03. The van der Waals surface area contributed by atoms with E-state index in [1.807, 2.05) is 6.92 Å². The largest absolute Gasteiger partial charge is 0.454 e. The number of carbonyl (C=O) groups is 3. The minimum atomic E-state index is -1.36. The molecule has 6 heteroatoms. The van der Waals surface area contributed by atoms with Gasteiger partial charge in [-0.3, -0.25) is 4.79 Å². The second-order valence-corrected chi connectivity index (χ2v) is 6.39. The molecule has 1 fully saturated rings. The Morgan fingerprint density at radius 2 is 2.16 bits per heavy atom. The van der Waals surface area contributed by atoms with Crippen molar-refractivity contribution in [2.45, 2.75) is 45.0 Å². The van der Waals surface area contributed by atoms with Gasteiger partial charge >= 0.3 is 11.9 Å². The molecule has 0 saturated carbocycles. The van der Waals surface area contributed by atoms with Crippen molar-refractivity contribution >= 4 is 18.2 Å². The monoisotopic (exact) mass is 346 g/mol. The summed E-state index contributed by atoms with van der Waals surface area (Å²) in [6.45, 7) is 10.5. The number of aldehydes is 1. The minimum absolute atomic E-state index is 0.0868. The molecule has 2 rings (SSSR count). The molecule has 1 aliphatic heterocycles. The number of hydrogen-bond acceptors (Lipinski definition) is 6. The van der Waals surface area contributed by atoms with Crippen LogP contribution in [0.2, 0.25) is 0 Å². The summed E-state index contributed by atoms with van der Waals surface area (Å²) in [5.74, 6) is -2.15. The van der Waals surface area contributed by atoms with Crippen molar-refractivity contribution in [3.05, 3.63) is 47.6 Å². The second-order valence-electron chi connectivity index (χ2n) is 6.39. The van der Waals surface area contributed by atoms with E-state index >= 15 is 0 Å². The lowest BCUT2D eigenvalue weighted by Crippen LogP contribution is -2.42. The molecular formula is C19H22O6. The quantitative estimate of drug-likeness (QED) is 0.363. The lowest BCUT2D eigenvalue weighted by molar-refractivity contribution is -0.150. The standard InChI is InChI=1S/C19H22O6/c1-10(2)18(22)25-17-13(9-20)7-5-6-11(3)8-14-15(16(17)21)12(4)19(23)24-14/h7-9,14-17,21H,1,4-6H2,2-3H3/b11-8+,13-7-/t14-,15+,16+,17?/m1/s1. The average Bonchev–Trinajstić information content (AvgIpc) is 2.82. The highest BCUT2D eigenvalue weighted by Gasteiger charge is 2.46. The fourth-order valence-corrected chi connectivity index (χ4v) is 2.95. The number of aliphatic hydroxyl groups excluding tert-OH is 1. The molecule has 2 aliphatic rings. The van der Waals surface area contributed by atoms with Crippen LogP contribution in [0.4, 0.5) is 0 Å². The molecule has 1 N–H and O–H groups in total. The van der Waals surface area contributed by atoms with Gasteiger partial charge in [-0.1, -0.05) is 24.8 Å². The number of fused-ring (bicyclic) bond motifs is 1. The Morgan fingerprint density at radius 3 is 2.76 bits per heavy atom. The normalized spacial score (nSPS) is 33.9. The predicted octanol–water partition coefficient (Wildman–Crippen LogP) is 1.80. The SMILES string of the molecule is C=C(C)C(=O)OC1/C(C=O)=C\CC/C(C)=C/[C@H]2OC(=O)C(=C)[C@@H]2[C@@H]1O. The van der Waals surface area contributed by atoms with E-state index in [2.05, 4.69) is 13.2 Å². The number of hydrogen-bond donors (Lipinski definition) is 1. The van der Waals surface area contributed by atoms with Crippen LogP contribution in [0.5, 0.6) is 0 Å². The lowest BCUT2D eigenvalue weighted by Gasteiger charge is -2.29. The molecule has 0 aromatic heterocycles. The number of aliphatic hydroxyl groups is 1. The minimum Gasteiger partial charge on any atom is -0.454 e. The maximum Gasteiger partial charge on any atom is 0.334 e. The van der Waals surface area contributed by atoms with Crippen LogP contribution in [0, 0.1) is 5.92 Å². The van der Waals surface area contributed by atoms with Crippen LogP contribution in [0.25, 0.3) is 0 Å². The molecule has 0 aromatic carbocycles. The molecule has 25 heavy (non-hydrogen) atoms. The molecule has 134 valence electrons. The first-order chi connectivity index (χ1) is 11.8. The van der Waals surface area contributed by atoms with Gasteiger partial charge in [0.15, 0.2) is 6.10 Å². The van der Waals surface area contributed by atoms with Gasteiger partial charge in [0.1, 0.15) is 18.5 Å². The van der Waals surface area contributed by atoms with Gasteiger partial charge in [0, 0.05) is 16.7 Å². The third kappa shape index (κ3) is 3.96. The van der Waals surface area contributed by atoms with Crippen molar-refractivity contribution in [2.24, 2.45) is 5.92 Å². The van der Waals surface area contributed by atoms with E-state index in [1.54, 1.807) is 12.2 Å². The highest BCUT2D eigenvalue weighted by Crippen LogP contribution is 2.35. The molecule has 6 nitrogen and oxygen atoms in total. The summed E-state index contributed by atoms with van der Waals surface area (Å²) in [6.07, 6.45) is 1.81. The third-order valence-corrected chi connectivity index (χ3v) is 4.35. The summed E-state index contributed by atoms with van der Waals surface area (Å²) < 4.78 is 10.6. The maximum atomic E-state index is 12.0. The molecule has 1 unspecified atom stereocenters. The Labute approximate surface area is 146 Å². The summed E-state index contributed by atoms with van der Waals surface area (Å²) in [7, 11) is 0. The maximum absolute atomic E-state index is 12.0. The number of carbonyl (C=O) groups excluding carboxylic acids is 3. The molecule has 0 aromatic rings. The van der Waals surface area contributed by atoms with Gasteiger partial charge in [0.2, 0.25) is 0 Å². The van der Waals surface area contributed by atoms with Crippen LogP contribution in [-0.2, 0) is 23.9 Å². The first-order valence-electron chi connectivity index (χ1n) is 8.03. The fraction of sp³-hybridized carbons (Fsp3) is 0.421. The molecule has 0 amide bonds. The Morgan fingerprint density at radius 1 is 1.48 bits per heavy atom. The Kier molecular flexibility index (Phi) is 5.74. The van der Waals surface area contributed by atoms with E-state index in [-0.39, 0.29) is 16.7 Å². The second kappa shape index (κ2) is 7.61. The molecule has 1 heterocycles. The number of esters is 2. The molecule has 0 bridgehead atoms. The smallest absolute Gasteiger partial charge is 0.334 e. The Bertz CT molecular complexity index is 684. The summed E-state index contributed by atoms with van der Waals surface area (Å²) in [5, 5.41) is 10.8. The molecule has 1 saturated heterocycles. The van der Waals surface area contributed by atoms with Crippen molar-refractivity contribution in [1.29, 1.82) is 0 Å². The summed E-state index contributed by atoms with van der Waals surface area (Å²) >= 11 is 0. The van der Waals surface area contributed by atoms with E-state index in [0.717, 1.165) is 5.57 Å². The van der Waals surface area contributed by atoms with Crippen molar-refractivity contribution in [1.82, 2.24) is 0 Å². The van der Waals surface area contributed by atoms with E-state index < -0.39 is 36.2 Å².